The molecule has 1 N–H and O–H groups in total. The molecule has 2 aromatic heterocycles. The van der Waals surface area contributed by atoms with E-state index in [0.717, 1.165) is 25.3 Å². The van der Waals surface area contributed by atoms with Gasteiger partial charge in [-0.25, -0.2) is 9.97 Å². The normalized spacial score (nSPS) is 14.8. The van der Waals surface area contributed by atoms with Crippen molar-refractivity contribution in [3.63, 3.8) is 0 Å². The second-order valence-electron chi connectivity index (χ2n) is 3.87. The van der Waals surface area contributed by atoms with E-state index in [4.69, 9.17) is 0 Å². The number of rotatable bonds is 2. The fourth-order valence-electron chi connectivity index (χ4n) is 2.00. The lowest BCUT2D eigenvalue weighted by atomic mass is 10.1. The molecule has 0 unspecified atom stereocenters. The van der Waals surface area contributed by atoms with Gasteiger partial charge in [0.15, 0.2) is 0 Å². The van der Waals surface area contributed by atoms with Crippen molar-refractivity contribution in [2.75, 3.05) is 6.54 Å². The molecule has 3 heterocycles. The van der Waals surface area contributed by atoms with Gasteiger partial charge in [0.25, 0.3) is 0 Å². The monoisotopic (exact) mass is 215 g/mol. The van der Waals surface area contributed by atoms with Crippen LogP contribution in [0.15, 0.2) is 24.7 Å². The molecule has 0 spiro atoms. The van der Waals surface area contributed by atoms with Crippen LogP contribution in [0.4, 0.5) is 0 Å². The quantitative estimate of drug-likeness (QED) is 0.786. The summed E-state index contributed by atoms with van der Waals surface area (Å²) in [6.07, 6.45) is 6.49. The average molecular weight is 215 g/mol. The molecule has 0 aromatic carbocycles. The van der Waals surface area contributed by atoms with E-state index >= 15 is 0 Å². The zero-order chi connectivity index (χ0) is 10.8. The molecule has 0 amide bonds. The molecule has 0 saturated heterocycles. The fraction of sp³-hybridized carbons (Fsp3) is 0.364. The molecule has 5 heteroatoms. The standard InChI is InChI=1S/C11H13N5/c1-3-13-11(14-4-1)8-16-10-2-5-12-6-9(10)7-15-16/h1,3-4,7,12H,2,5-6,8H2. The first kappa shape index (κ1) is 9.47. The first-order valence-corrected chi connectivity index (χ1v) is 5.43. The fourth-order valence-corrected chi connectivity index (χ4v) is 2.00. The number of nitrogens with one attached hydrogen (secondary N) is 1. The largest absolute Gasteiger partial charge is 0.312 e. The van der Waals surface area contributed by atoms with Crippen molar-refractivity contribution in [2.45, 2.75) is 19.5 Å². The van der Waals surface area contributed by atoms with Crippen molar-refractivity contribution in [1.29, 1.82) is 0 Å². The number of aromatic nitrogens is 4. The lowest BCUT2D eigenvalue weighted by Gasteiger charge is -2.14. The molecule has 0 radical (unpaired) electrons. The van der Waals surface area contributed by atoms with Crippen LogP contribution >= 0.6 is 0 Å². The summed E-state index contributed by atoms with van der Waals surface area (Å²) < 4.78 is 2.01. The van der Waals surface area contributed by atoms with Crippen LogP contribution in [0.1, 0.15) is 17.1 Å². The Morgan fingerprint density at radius 2 is 2.19 bits per heavy atom. The van der Waals surface area contributed by atoms with E-state index in [1.807, 2.05) is 16.9 Å². The zero-order valence-corrected chi connectivity index (χ0v) is 8.93. The van der Waals surface area contributed by atoms with Crippen molar-refractivity contribution in [3.05, 3.63) is 41.7 Å². The maximum atomic E-state index is 4.39. The van der Waals surface area contributed by atoms with E-state index in [1.54, 1.807) is 12.4 Å². The predicted octanol–water partition coefficient (Wildman–Crippen LogP) is 0.367. The van der Waals surface area contributed by atoms with Crippen LogP contribution in [0.2, 0.25) is 0 Å². The van der Waals surface area contributed by atoms with Gasteiger partial charge < -0.3 is 5.32 Å². The van der Waals surface area contributed by atoms with Crippen molar-refractivity contribution in [3.8, 4) is 0 Å². The third kappa shape index (κ3) is 1.69. The average Bonchev–Trinajstić information content (AvgIpc) is 2.74. The van der Waals surface area contributed by atoms with Crippen LogP contribution in [0.25, 0.3) is 0 Å². The van der Waals surface area contributed by atoms with E-state index in [0.29, 0.717) is 6.54 Å². The van der Waals surface area contributed by atoms with Gasteiger partial charge in [0, 0.05) is 43.2 Å². The summed E-state index contributed by atoms with van der Waals surface area (Å²) in [6.45, 7) is 2.61. The number of nitrogens with zero attached hydrogens (tertiary/aromatic N) is 4. The number of fused-ring (bicyclic) bond motifs is 1. The molecule has 2 aromatic rings. The minimum absolute atomic E-state index is 0.663. The maximum Gasteiger partial charge on any atom is 0.149 e. The second kappa shape index (κ2) is 4.02. The SMILES string of the molecule is c1cnc(Cn2ncc3c2CCNC3)nc1. The van der Waals surface area contributed by atoms with Crippen molar-refractivity contribution < 1.29 is 0 Å². The maximum absolute atomic E-state index is 4.39. The summed E-state index contributed by atoms with van der Waals surface area (Å²) in [5.41, 5.74) is 2.60. The Hall–Kier alpha value is -1.75. The zero-order valence-electron chi connectivity index (χ0n) is 8.93. The first-order valence-electron chi connectivity index (χ1n) is 5.43. The van der Waals surface area contributed by atoms with Crippen molar-refractivity contribution >= 4 is 0 Å². The van der Waals surface area contributed by atoms with Crippen molar-refractivity contribution in [1.82, 2.24) is 25.1 Å². The van der Waals surface area contributed by atoms with Crippen LogP contribution in [0, 0.1) is 0 Å². The predicted molar refractivity (Wildman–Crippen MR) is 58.8 cm³/mol. The van der Waals surface area contributed by atoms with E-state index in [1.165, 1.54) is 11.3 Å². The molecule has 0 aliphatic carbocycles. The van der Waals surface area contributed by atoms with Gasteiger partial charge in [-0.05, 0) is 6.07 Å². The first-order chi connectivity index (χ1) is 7.93. The van der Waals surface area contributed by atoms with E-state index in [-0.39, 0.29) is 0 Å². The highest BCUT2D eigenvalue weighted by Gasteiger charge is 2.14. The molecular weight excluding hydrogens is 202 g/mol. The van der Waals surface area contributed by atoms with Gasteiger partial charge in [-0.2, -0.15) is 5.10 Å². The van der Waals surface area contributed by atoms with Crippen LogP contribution in [-0.4, -0.2) is 26.3 Å². The van der Waals surface area contributed by atoms with Gasteiger partial charge in [0.1, 0.15) is 12.4 Å². The van der Waals surface area contributed by atoms with Gasteiger partial charge in [-0.15, -0.1) is 0 Å². The van der Waals surface area contributed by atoms with E-state index in [9.17, 15) is 0 Å². The molecule has 5 nitrogen and oxygen atoms in total. The molecule has 1 aliphatic rings. The van der Waals surface area contributed by atoms with Crippen LogP contribution in [0.5, 0.6) is 0 Å². The summed E-state index contributed by atoms with van der Waals surface area (Å²) in [6, 6.07) is 1.83. The molecule has 1 aliphatic heterocycles. The molecule has 3 rings (SSSR count). The van der Waals surface area contributed by atoms with Crippen LogP contribution < -0.4 is 5.32 Å². The van der Waals surface area contributed by atoms with Gasteiger partial charge >= 0.3 is 0 Å². The molecule has 0 saturated carbocycles. The Morgan fingerprint density at radius 3 is 3.06 bits per heavy atom. The van der Waals surface area contributed by atoms with Gasteiger partial charge in [0.2, 0.25) is 0 Å². The smallest absolute Gasteiger partial charge is 0.149 e. The molecule has 0 atom stereocenters. The summed E-state index contributed by atoms with van der Waals surface area (Å²) in [5, 5.41) is 7.72. The Kier molecular flexibility index (Phi) is 2.38. The van der Waals surface area contributed by atoms with Gasteiger partial charge in [0.05, 0.1) is 6.20 Å². The minimum atomic E-state index is 0.663. The van der Waals surface area contributed by atoms with Gasteiger partial charge in [-0.3, -0.25) is 4.68 Å². The topological polar surface area (TPSA) is 55.6 Å². The molecule has 0 bridgehead atoms. The second-order valence-corrected chi connectivity index (χ2v) is 3.87. The summed E-state index contributed by atoms with van der Waals surface area (Å²) in [4.78, 5) is 8.43. The highest BCUT2D eigenvalue weighted by molar-refractivity contribution is 5.20. The lowest BCUT2D eigenvalue weighted by molar-refractivity contribution is 0.572. The highest BCUT2D eigenvalue weighted by atomic mass is 15.3. The van der Waals surface area contributed by atoms with Crippen LogP contribution in [-0.2, 0) is 19.5 Å². The molecular formula is C11H13N5. The van der Waals surface area contributed by atoms with E-state index in [2.05, 4.69) is 20.4 Å². The summed E-state index contributed by atoms with van der Waals surface area (Å²) in [5.74, 6) is 0.812. The summed E-state index contributed by atoms with van der Waals surface area (Å²) in [7, 11) is 0. The summed E-state index contributed by atoms with van der Waals surface area (Å²) >= 11 is 0. The molecule has 82 valence electrons. The minimum Gasteiger partial charge on any atom is -0.312 e. The van der Waals surface area contributed by atoms with Gasteiger partial charge in [-0.1, -0.05) is 0 Å². The third-order valence-corrected chi connectivity index (χ3v) is 2.80. The highest BCUT2D eigenvalue weighted by Crippen LogP contribution is 2.13. The Morgan fingerprint density at radius 1 is 1.31 bits per heavy atom. The Bertz CT molecular complexity index is 476. The van der Waals surface area contributed by atoms with Crippen LogP contribution in [0.3, 0.4) is 0 Å². The molecule has 0 fully saturated rings. The molecule has 16 heavy (non-hydrogen) atoms. The Labute approximate surface area is 93.5 Å². The number of hydrogen-bond acceptors (Lipinski definition) is 4. The van der Waals surface area contributed by atoms with Crippen molar-refractivity contribution in [2.24, 2.45) is 0 Å². The lowest BCUT2D eigenvalue weighted by Crippen LogP contribution is -2.25. The third-order valence-electron chi connectivity index (χ3n) is 2.80. The number of hydrogen-bond donors (Lipinski definition) is 1. The van der Waals surface area contributed by atoms with E-state index < -0.39 is 0 Å². The Balaban J connectivity index is 1.88.